The number of ether oxygens (including phenoxy) is 1. The van der Waals surface area contributed by atoms with Crippen LogP contribution in [0.4, 0.5) is 0 Å². The first-order valence-electron chi connectivity index (χ1n) is 5.45. The van der Waals surface area contributed by atoms with E-state index in [1.807, 2.05) is 18.2 Å². The molecule has 1 aromatic heterocycles. The molecule has 0 atom stereocenters. The Morgan fingerprint density at radius 1 is 1.22 bits per heavy atom. The second kappa shape index (κ2) is 5.72. The average Bonchev–Trinajstić information content (AvgIpc) is 2.81. The van der Waals surface area contributed by atoms with E-state index in [0.29, 0.717) is 11.4 Å². The third-order valence-electron chi connectivity index (χ3n) is 2.24. The van der Waals surface area contributed by atoms with E-state index in [1.165, 1.54) is 6.07 Å². The predicted molar refractivity (Wildman–Crippen MR) is 65.2 cm³/mol. The summed E-state index contributed by atoms with van der Waals surface area (Å²) >= 11 is 0. The van der Waals surface area contributed by atoms with Crippen LogP contribution in [-0.4, -0.2) is 22.7 Å². The lowest BCUT2D eigenvalue weighted by Crippen LogP contribution is -2.28. The summed E-state index contributed by atoms with van der Waals surface area (Å²) in [6, 6.07) is 10.5. The predicted octanol–water partition coefficient (Wildman–Crippen LogP) is 0.398. The van der Waals surface area contributed by atoms with Crippen molar-refractivity contribution in [1.82, 2.24) is 15.5 Å². The zero-order valence-electron chi connectivity index (χ0n) is 9.60. The smallest absolute Gasteiger partial charge is 0.264 e. The van der Waals surface area contributed by atoms with E-state index in [-0.39, 0.29) is 24.6 Å². The van der Waals surface area contributed by atoms with Gasteiger partial charge < -0.3 is 15.2 Å². The highest BCUT2D eigenvalue weighted by Gasteiger charge is 2.03. The third kappa shape index (κ3) is 3.51. The Morgan fingerprint density at radius 3 is 2.67 bits per heavy atom. The molecule has 6 heteroatoms. The largest absolute Gasteiger partial charge is 0.484 e. The van der Waals surface area contributed by atoms with E-state index in [2.05, 4.69) is 15.5 Å². The van der Waals surface area contributed by atoms with Gasteiger partial charge in [-0.25, -0.2) is 0 Å². The lowest BCUT2D eigenvalue weighted by Gasteiger charge is -2.06. The number of carbonyl (C=O) groups is 1. The van der Waals surface area contributed by atoms with E-state index in [1.54, 1.807) is 12.1 Å². The quantitative estimate of drug-likeness (QED) is 0.714. The number of carbonyl (C=O) groups excluding carboxylic acids is 1. The Kier molecular flexibility index (Phi) is 3.80. The molecule has 2 rings (SSSR count). The first-order valence-corrected chi connectivity index (χ1v) is 5.45. The van der Waals surface area contributed by atoms with Crippen LogP contribution in [0.25, 0.3) is 0 Å². The SMILES string of the molecule is O=C(COc1ccccc1)NCc1cc(=O)[nH][nH]1. The molecule has 0 saturated heterocycles. The maximum atomic E-state index is 11.5. The summed E-state index contributed by atoms with van der Waals surface area (Å²) in [4.78, 5) is 22.3. The number of nitrogens with one attached hydrogen (secondary N) is 3. The molecule has 94 valence electrons. The Balaban J connectivity index is 1.74. The van der Waals surface area contributed by atoms with Crippen molar-refractivity contribution in [3.63, 3.8) is 0 Å². The first kappa shape index (κ1) is 12.0. The van der Waals surface area contributed by atoms with E-state index in [4.69, 9.17) is 4.74 Å². The number of benzene rings is 1. The first-order chi connectivity index (χ1) is 8.74. The number of hydrogen-bond donors (Lipinski definition) is 3. The van der Waals surface area contributed by atoms with Gasteiger partial charge in [0.15, 0.2) is 6.61 Å². The monoisotopic (exact) mass is 247 g/mol. The highest BCUT2D eigenvalue weighted by molar-refractivity contribution is 5.77. The minimum atomic E-state index is -0.249. The van der Waals surface area contributed by atoms with Crippen molar-refractivity contribution >= 4 is 5.91 Å². The highest BCUT2D eigenvalue weighted by atomic mass is 16.5. The fourth-order valence-electron chi connectivity index (χ4n) is 1.38. The van der Waals surface area contributed by atoms with Crippen LogP contribution >= 0.6 is 0 Å². The Hall–Kier alpha value is -2.50. The maximum absolute atomic E-state index is 11.5. The van der Waals surface area contributed by atoms with Gasteiger partial charge in [-0.15, -0.1) is 0 Å². The molecule has 0 fully saturated rings. The van der Waals surface area contributed by atoms with Crippen LogP contribution < -0.4 is 15.6 Å². The lowest BCUT2D eigenvalue weighted by atomic mass is 10.3. The number of rotatable bonds is 5. The molecule has 1 amide bonds. The van der Waals surface area contributed by atoms with E-state index >= 15 is 0 Å². The summed E-state index contributed by atoms with van der Waals surface area (Å²) < 4.78 is 5.27. The van der Waals surface area contributed by atoms with Crippen molar-refractivity contribution in [3.8, 4) is 5.75 Å². The molecule has 2 aromatic rings. The summed E-state index contributed by atoms with van der Waals surface area (Å²) in [6.07, 6.45) is 0. The average molecular weight is 247 g/mol. The fraction of sp³-hybridized carbons (Fsp3) is 0.167. The molecule has 0 saturated carbocycles. The highest BCUT2D eigenvalue weighted by Crippen LogP contribution is 2.07. The van der Waals surface area contributed by atoms with Crippen molar-refractivity contribution in [3.05, 3.63) is 52.4 Å². The van der Waals surface area contributed by atoms with E-state index < -0.39 is 0 Å². The van der Waals surface area contributed by atoms with Crippen molar-refractivity contribution in [2.45, 2.75) is 6.54 Å². The van der Waals surface area contributed by atoms with Gasteiger partial charge >= 0.3 is 0 Å². The molecule has 0 spiro atoms. The van der Waals surface area contributed by atoms with Gasteiger partial charge in [0.25, 0.3) is 11.5 Å². The number of amides is 1. The topological polar surface area (TPSA) is 87.0 Å². The van der Waals surface area contributed by atoms with Crippen LogP contribution in [-0.2, 0) is 11.3 Å². The molecule has 0 unspecified atom stereocenters. The van der Waals surface area contributed by atoms with Gasteiger partial charge in [-0.2, -0.15) is 0 Å². The van der Waals surface area contributed by atoms with Crippen molar-refractivity contribution in [2.75, 3.05) is 6.61 Å². The molecule has 0 aliphatic carbocycles. The van der Waals surface area contributed by atoms with Crippen molar-refractivity contribution in [1.29, 1.82) is 0 Å². The van der Waals surface area contributed by atoms with Gasteiger partial charge in [0, 0.05) is 6.07 Å². The van der Waals surface area contributed by atoms with Crippen LogP contribution in [0.1, 0.15) is 5.69 Å². The summed E-state index contributed by atoms with van der Waals surface area (Å²) in [5, 5.41) is 7.66. The van der Waals surface area contributed by atoms with Crippen LogP contribution in [0.2, 0.25) is 0 Å². The third-order valence-corrected chi connectivity index (χ3v) is 2.24. The molecule has 3 N–H and O–H groups in total. The number of hydrogen-bond acceptors (Lipinski definition) is 3. The molecule has 0 aliphatic rings. The van der Waals surface area contributed by atoms with Gasteiger partial charge in [0.1, 0.15) is 5.75 Å². The zero-order valence-corrected chi connectivity index (χ0v) is 9.60. The normalized spacial score (nSPS) is 10.0. The minimum Gasteiger partial charge on any atom is -0.484 e. The summed E-state index contributed by atoms with van der Waals surface area (Å²) in [7, 11) is 0. The van der Waals surface area contributed by atoms with Crippen LogP contribution in [0, 0.1) is 0 Å². The van der Waals surface area contributed by atoms with Gasteiger partial charge in [0.2, 0.25) is 0 Å². The number of H-pyrrole nitrogens is 2. The van der Waals surface area contributed by atoms with Crippen LogP contribution in [0.15, 0.2) is 41.2 Å². The number of aromatic amines is 2. The standard InChI is InChI=1S/C12H13N3O3/c16-11-6-9(14-15-11)7-13-12(17)8-18-10-4-2-1-3-5-10/h1-6H,7-8H2,(H,13,17)(H2,14,15,16). The molecule has 1 heterocycles. The van der Waals surface area contributed by atoms with Crippen LogP contribution in [0.5, 0.6) is 5.75 Å². The molecule has 0 aliphatic heterocycles. The molecular weight excluding hydrogens is 234 g/mol. The molecule has 0 radical (unpaired) electrons. The maximum Gasteiger partial charge on any atom is 0.264 e. The van der Waals surface area contributed by atoms with Gasteiger partial charge in [0.05, 0.1) is 12.2 Å². The summed E-state index contributed by atoms with van der Waals surface area (Å²) in [5.41, 5.74) is 0.396. The Morgan fingerprint density at radius 2 is 2.00 bits per heavy atom. The van der Waals surface area contributed by atoms with Gasteiger partial charge in [-0.05, 0) is 12.1 Å². The summed E-state index contributed by atoms with van der Waals surface area (Å²) in [6.45, 7) is 0.203. The zero-order chi connectivity index (χ0) is 12.8. The number of aromatic nitrogens is 2. The molecule has 18 heavy (non-hydrogen) atoms. The van der Waals surface area contributed by atoms with Crippen molar-refractivity contribution < 1.29 is 9.53 Å². The van der Waals surface area contributed by atoms with Crippen molar-refractivity contribution in [2.24, 2.45) is 0 Å². The fourth-order valence-corrected chi connectivity index (χ4v) is 1.38. The van der Waals surface area contributed by atoms with Crippen LogP contribution in [0.3, 0.4) is 0 Å². The van der Waals surface area contributed by atoms with Gasteiger partial charge in [-0.1, -0.05) is 18.2 Å². The molecule has 1 aromatic carbocycles. The molecule has 6 nitrogen and oxygen atoms in total. The van der Waals surface area contributed by atoms with E-state index in [0.717, 1.165) is 0 Å². The minimum absolute atomic E-state index is 0.0569. The number of para-hydroxylation sites is 1. The molecule has 0 bridgehead atoms. The summed E-state index contributed by atoms with van der Waals surface area (Å²) in [5.74, 6) is 0.392. The second-order valence-electron chi connectivity index (χ2n) is 3.66. The second-order valence-corrected chi connectivity index (χ2v) is 3.66. The Bertz CT molecular complexity index is 559. The van der Waals surface area contributed by atoms with E-state index in [9.17, 15) is 9.59 Å². The molecular formula is C12H13N3O3. The lowest BCUT2D eigenvalue weighted by molar-refractivity contribution is -0.123. The Labute approximate surface area is 103 Å². The van der Waals surface area contributed by atoms with Gasteiger partial charge in [-0.3, -0.25) is 14.7 Å².